The molecule has 1 aromatic rings. The highest BCUT2D eigenvalue weighted by molar-refractivity contribution is 5.30. The van der Waals surface area contributed by atoms with Crippen LogP contribution in [0.3, 0.4) is 0 Å². The Hall–Kier alpha value is -1.06. The van der Waals surface area contributed by atoms with E-state index in [0.717, 1.165) is 25.3 Å². The smallest absolute Gasteiger partial charge is 0.119 e. The molecule has 0 aliphatic carbocycles. The molecule has 1 aliphatic rings. The van der Waals surface area contributed by atoms with E-state index in [1.807, 2.05) is 12.1 Å². The summed E-state index contributed by atoms with van der Waals surface area (Å²) in [7, 11) is 1.70. The second-order valence-electron chi connectivity index (χ2n) is 6.06. The van der Waals surface area contributed by atoms with Gasteiger partial charge in [0.25, 0.3) is 0 Å². The number of hydrogen-bond donors (Lipinski definition) is 1. The first-order valence-electron chi connectivity index (χ1n) is 7.05. The van der Waals surface area contributed by atoms with Gasteiger partial charge >= 0.3 is 0 Å². The van der Waals surface area contributed by atoms with E-state index in [9.17, 15) is 0 Å². The summed E-state index contributed by atoms with van der Waals surface area (Å²) in [4.78, 5) is 0. The zero-order chi connectivity index (χ0) is 13.9. The maximum Gasteiger partial charge on any atom is 0.119 e. The lowest BCUT2D eigenvalue weighted by Gasteiger charge is -2.40. The number of methoxy groups -OCH3 is 1. The quantitative estimate of drug-likeness (QED) is 0.905. The molecule has 0 spiro atoms. The van der Waals surface area contributed by atoms with Gasteiger partial charge in [0.1, 0.15) is 5.75 Å². The summed E-state index contributed by atoms with van der Waals surface area (Å²) >= 11 is 0. The maximum absolute atomic E-state index is 6.35. The van der Waals surface area contributed by atoms with Crippen molar-refractivity contribution in [2.24, 2.45) is 5.92 Å². The predicted molar refractivity (Wildman–Crippen MR) is 77.5 cm³/mol. The number of benzene rings is 1. The Morgan fingerprint density at radius 3 is 2.95 bits per heavy atom. The molecule has 1 aliphatic heterocycles. The van der Waals surface area contributed by atoms with Crippen molar-refractivity contribution in [3.8, 4) is 5.75 Å². The average Bonchev–Trinajstić information content (AvgIpc) is 2.37. The van der Waals surface area contributed by atoms with Crippen molar-refractivity contribution in [3.63, 3.8) is 0 Å². The van der Waals surface area contributed by atoms with Crippen LogP contribution >= 0.6 is 0 Å². The van der Waals surface area contributed by atoms with Crippen molar-refractivity contribution >= 4 is 0 Å². The number of ether oxygens (including phenoxy) is 2. The molecule has 2 unspecified atom stereocenters. The van der Waals surface area contributed by atoms with E-state index in [0.29, 0.717) is 5.92 Å². The van der Waals surface area contributed by atoms with E-state index >= 15 is 0 Å². The van der Waals surface area contributed by atoms with Gasteiger partial charge in [-0.3, -0.25) is 0 Å². The SMILES string of the molecule is COc1cccc(C2CNCC(C)(CC(C)C)O2)c1. The van der Waals surface area contributed by atoms with Gasteiger partial charge in [0.15, 0.2) is 0 Å². The summed E-state index contributed by atoms with van der Waals surface area (Å²) in [6, 6.07) is 8.16. The molecule has 19 heavy (non-hydrogen) atoms. The third kappa shape index (κ3) is 3.71. The molecule has 1 N–H and O–H groups in total. The van der Waals surface area contributed by atoms with Crippen LogP contribution in [0.2, 0.25) is 0 Å². The molecular weight excluding hydrogens is 238 g/mol. The molecule has 1 aromatic carbocycles. The molecular formula is C16H25NO2. The van der Waals surface area contributed by atoms with Crippen LogP contribution in [0.4, 0.5) is 0 Å². The van der Waals surface area contributed by atoms with Crippen molar-refractivity contribution in [1.29, 1.82) is 0 Å². The fraction of sp³-hybridized carbons (Fsp3) is 0.625. The fourth-order valence-electron chi connectivity index (χ4n) is 2.91. The minimum Gasteiger partial charge on any atom is -0.497 e. The van der Waals surface area contributed by atoms with Gasteiger partial charge in [-0.1, -0.05) is 26.0 Å². The highest BCUT2D eigenvalue weighted by Gasteiger charge is 2.34. The molecule has 1 heterocycles. The van der Waals surface area contributed by atoms with Crippen LogP contribution in [0.25, 0.3) is 0 Å². The molecule has 0 saturated carbocycles. The molecule has 1 fully saturated rings. The van der Waals surface area contributed by atoms with Gasteiger partial charge in [-0.05, 0) is 37.0 Å². The van der Waals surface area contributed by atoms with Crippen molar-refractivity contribution in [2.75, 3.05) is 20.2 Å². The van der Waals surface area contributed by atoms with Crippen LogP contribution in [0.5, 0.6) is 5.75 Å². The van der Waals surface area contributed by atoms with Crippen molar-refractivity contribution in [3.05, 3.63) is 29.8 Å². The Bertz CT molecular complexity index is 419. The summed E-state index contributed by atoms with van der Waals surface area (Å²) in [5.74, 6) is 1.52. The molecule has 0 aromatic heterocycles. The van der Waals surface area contributed by atoms with Crippen molar-refractivity contribution in [2.45, 2.75) is 38.9 Å². The predicted octanol–water partition coefficient (Wildman–Crippen LogP) is 3.16. The summed E-state index contributed by atoms with van der Waals surface area (Å²) in [6.45, 7) is 8.46. The van der Waals surface area contributed by atoms with Crippen LogP contribution in [0.15, 0.2) is 24.3 Å². The van der Waals surface area contributed by atoms with E-state index < -0.39 is 0 Å². The molecule has 3 heteroatoms. The fourth-order valence-corrected chi connectivity index (χ4v) is 2.91. The Morgan fingerprint density at radius 2 is 2.26 bits per heavy atom. The minimum absolute atomic E-state index is 0.0832. The minimum atomic E-state index is -0.0832. The molecule has 3 nitrogen and oxygen atoms in total. The molecule has 0 amide bonds. The summed E-state index contributed by atoms with van der Waals surface area (Å²) in [5, 5.41) is 3.50. The lowest BCUT2D eigenvalue weighted by molar-refractivity contribution is -0.117. The highest BCUT2D eigenvalue weighted by atomic mass is 16.5. The van der Waals surface area contributed by atoms with Gasteiger partial charge in [0.05, 0.1) is 18.8 Å². The van der Waals surface area contributed by atoms with E-state index in [1.54, 1.807) is 7.11 Å². The Balaban J connectivity index is 2.12. The monoisotopic (exact) mass is 263 g/mol. The van der Waals surface area contributed by atoms with Gasteiger partial charge in [0, 0.05) is 13.1 Å². The molecule has 2 atom stereocenters. The summed E-state index contributed by atoms with van der Waals surface area (Å²) in [5.41, 5.74) is 1.10. The van der Waals surface area contributed by atoms with Gasteiger partial charge in [-0.15, -0.1) is 0 Å². The largest absolute Gasteiger partial charge is 0.497 e. The number of nitrogens with one attached hydrogen (secondary N) is 1. The first-order valence-corrected chi connectivity index (χ1v) is 7.05. The average molecular weight is 263 g/mol. The van der Waals surface area contributed by atoms with E-state index in [4.69, 9.17) is 9.47 Å². The van der Waals surface area contributed by atoms with Crippen LogP contribution in [0.1, 0.15) is 38.9 Å². The third-order valence-electron chi connectivity index (χ3n) is 3.56. The van der Waals surface area contributed by atoms with E-state index in [-0.39, 0.29) is 11.7 Å². The molecule has 106 valence electrons. The Kier molecular flexibility index (Phi) is 4.48. The van der Waals surface area contributed by atoms with Crippen molar-refractivity contribution < 1.29 is 9.47 Å². The summed E-state index contributed by atoms with van der Waals surface area (Å²) in [6.07, 6.45) is 1.17. The maximum atomic E-state index is 6.35. The Labute approximate surface area is 116 Å². The van der Waals surface area contributed by atoms with Crippen LogP contribution in [-0.2, 0) is 4.74 Å². The second-order valence-corrected chi connectivity index (χ2v) is 6.06. The van der Waals surface area contributed by atoms with E-state index in [1.165, 1.54) is 5.56 Å². The first-order chi connectivity index (χ1) is 9.02. The lowest BCUT2D eigenvalue weighted by atomic mass is 9.91. The highest BCUT2D eigenvalue weighted by Crippen LogP contribution is 2.32. The topological polar surface area (TPSA) is 30.5 Å². The van der Waals surface area contributed by atoms with Crippen LogP contribution in [-0.4, -0.2) is 25.8 Å². The molecule has 2 rings (SSSR count). The van der Waals surface area contributed by atoms with Crippen LogP contribution < -0.4 is 10.1 Å². The third-order valence-corrected chi connectivity index (χ3v) is 3.56. The molecule has 0 radical (unpaired) electrons. The van der Waals surface area contributed by atoms with Gasteiger partial charge in [0.2, 0.25) is 0 Å². The van der Waals surface area contributed by atoms with Crippen LogP contribution in [0, 0.1) is 5.92 Å². The van der Waals surface area contributed by atoms with Gasteiger partial charge in [-0.25, -0.2) is 0 Å². The van der Waals surface area contributed by atoms with Gasteiger partial charge < -0.3 is 14.8 Å². The number of hydrogen-bond acceptors (Lipinski definition) is 3. The second kappa shape index (κ2) is 5.93. The Morgan fingerprint density at radius 1 is 1.47 bits per heavy atom. The zero-order valence-corrected chi connectivity index (χ0v) is 12.4. The first kappa shape index (κ1) is 14.4. The van der Waals surface area contributed by atoms with Gasteiger partial charge in [-0.2, -0.15) is 0 Å². The van der Waals surface area contributed by atoms with E-state index in [2.05, 4.69) is 38.2 Å². The summed E-state index contributed by atoms with van der Waals surface area (Å²) < 4.78 is 11.6. The number of rotatable bonds is 4. The lowest BCUT2D eigenvalue weighted by Crippen LogP contribution is -2.49. The standard InChI is InChI=1S/C16H25NO2/c1-12(2)9-16(3)11-17-10-15(19-16)13-6-5-7-14(8-13)18-4/h5-8,12,15,17H,9-11H2,1-4H3. The number of morpholine rings is 1. The normalized spacial score (nSPS) is 27.5. The zero-order valence-electron chi connectivity index (χ0n) is 12.4. The van der Waals surface area contributed by atoms with Crippen molar-refractivity contribution in [1.82, 2.24) is 5.32 Å². The molecule has 0 bridgehead atoms. The molecule has 1 saturated heterocycles.